The Kier molecular flexibility index (Phi) is 57.5. The Morgan fingerprint density at radius 2 is 0.754 bits per heavy atom. The van der Waals surface area contributed by atoms with Crippen molar-refractivity contribution in [3.8, 4) is 0 Å². The van der Waals surface area contributed by atoms with Crippen molar-refractivity contribution in [3.05, 3.63) is 24.3 Å². The molecule has 0 radical (unpaired) electrons. The molecule has 0 heterocycles. The van der Waals surface area contributed by atoms with Crippen LogP contribution in [0.1, 0.15) is 341 Å². The smallest absolute Gasteiger partial charge is 0.305 e. The molecule has 0 rings (SSSR count). The van der Waals surface area contributed by atoms with E-state index < -0.39 is 12.1 Å². The SMILES string of the molecule is CCC/C=C\C/C=C\CCCCCCCC(=O)OCCCCCCCCCCCCCCCCCCCCCCCCCCCCC(=O)NC(CO)C(O)CCCCCCCCCCCCCCC. The number of esters is 1. The van der Waals surface area contributed by atoms with Crippen LogP contribution in [0.25, 0.3) is 0 Å². The van der Waals surface area contributed by atoms with Crippen LogP contribution in [-0.2, 0) is 14.3 Å². The number of allylic oxidation sites excluding steroid dienone is 4. The monoisotopic (exact) mass is 972 g/mol. The summed E-state index contributed by atoms with van der Waals surface area (Å²) in [7, 11) is 0. The second-order valence-electron chi connectivity index (χ2n) is 21.4. The lowest BCUT2D eigenvalue weighted by Gasteiger charge is -2.22. The molecule has 0 aromatic carbocycles. The van der Waals surface area contributed by atoms with E-state index in [9.17, 15) is 19.8 Å². The van der Waals surface area contributed by atoms with Gasteiger partial charge in [-0.25, -0.2) is 0 Å². The predicted molar refractivity (Wildman–Crippen MR) is 301 cm³/mol. The fraction of sp³-hybridized carbons (Fsp3) is 0.905. The highest BCUT2D eigenvalue weighted by Crippen LogP contribution is 2.18. The summed E-state index contributed by atoms with van der Waals surface area (Å²) in [5, 5.41) is 23.3. The lowest BCUT2D eigenvalue weighted by atomic mass is 10.0. The van der Waals surface area contributed by atoms with Crippen molar-refractivity contribution in [2.75, 3.05) is 13.2 Å². The number of carbonyl (C=O) groups excluding carboxylic acids is 2. The molecule has 2 atom stereocenters. The number of unbranched alkanes of at least 4 members (excludes halogenated alkanes) is 43. The maximum Gasteiger partial charge on any atom is 0.305 e. The van der Waals surface area contributed by atoms with Crippen molar-refractivity contribution in [1.29, 1.82) is 0 Å². The molecular formula is C63H121NO5. The van der Waals surface area contributed by atoms with Gasteiger partial charge >= 0.3 is 5.97 Å². The molecule has 1 amide bonds. The third-order valence-electron chi connectivity index (χ3n) is 14.5. The largest absolute Gasteiger partial charge is 0.466 e. The van der Waals surface area contributed by atoms with Gasteiger partial charge < -0.3 is 20.3 Å². The fourth-order valence-corrected chi connectivity index (χ4v) is 9.74. The van der Waals surface area contributed by atoms with E-state index in [0.29, 0.717) is 25.9 Å². The van der Waals surface area contributed by atoms with Gasteiger partial charge in [0, 0.05) is 12.8 Å². The number of nitrogens with one attached hydrogen (secondary N) is 1. The van der Waals surface area contributed by atoms with Crippen LogP contribution in [0, 0.1) is 0 Å². The quantitative estimate of drug-likeness (QED) is 0.0321. The lowest BCUT2D eigenvalue weighted by Crippen LogP contribution is -2.45. The first-order chi connectivity index (χ1) is 34.0. The molecule has 0 spiro atoms. The van der Waals surface area contributed by atoms with Crippen molar-refractivity contribution in [2.24, 2.45) is 0 Å². The van der Waals surface area contributed by atoms with E-state index in [1.165, 1.54) is 257 Å². The summed E-state index contributed by atoms with van der Waals surface area (Å²) in [5.74, 6) is -0.0295. The molecule has 3 N–H and O–H groups in total. The fourth-order valence-electron chi connectivity index (χ4n) is 9.74. The molecule has 0 fully saturated rings. The zero-order chi connectivity index (χ0) is 50.0. The molecule has 0 aliphatic rings. The van der Waals surface area contributed by atoms with Gasteiger partial charge in [0.25, 0.3) is 0 Å². The topological polar surface area (TPSA) is 95.9 Å². The number of aliphatic hydroxyl groups is 2. The van der Waals surface area contributed by atoms with Crippen LogP contribution in [-0.4, -0.2) is 47.4 Å². The van der Waals surface area contributed by atoms with Gasteiger partial charge in [-0.2, -0.15) is 0 Å². The van der Waals surface area contributed by atoms with Gasteiger partial charge in [-0.3, -0.25) is 9.59 Å². The standard InChI is InChI=1S/C63H121NO5/c1-3-5-7-9-11-13-15-31-35-39-43-47-51-55-61(66)60(59-65)64-62(67)56-52-48-44-40-36-33-29-27-25-23-21-19-17-18-20-22-24-26-28-30-34-38-42-46-50-54-58-69-63(68)57-53-49-45-41-37-32-16-14-12-10-8-6-4-2/h8,10,14,16,60-61,65-66H,3-7,9,11-13,15,17-59H2,1-2H3,(H,64,67)/b10-8-,16-14-. The molecule has 0 aromatic heterocycles. The van der Waals surface area contributed by atoms with Crippen molar-refractivity contribution in [3.63, 3.8) is 0 Å². The van der Waals surface area contributed by atoms with Crippen molar-refractivity contribution in [1.82, 2.24) is 5.32 Å². The molecule has 0 aliphatic heterocycles. The molecule has 69 heavy (non-hydrogen) atoms. The Bertz CT molecular complexity index is 1080. The van der Waals surface area contributed by atoms with Gasteiger partial charge in [-0.1, -0.05) is 301 Å². The van der Waals surface area contributed by atoms with Gasteiger partial charge in [-0.15, -0.1) is 0 Å². The zero-order valence-corrected chi connectivity index (χ0v) is 46.6. The van der Waals surface area contributed by atoms with Gasteiger partial charge in [0.2, 0.25) is 5.91 Å². The number of amides is 1. The minimum Gasteiger partial charge on any atom is -0.466 e. The molecule has 0 aliphatic carbocycles. The predicted octanol–water partition coefficient (Wildman–Crippen LogP) is 19.4. The van der Waals surface area contributed by atoms with Crippen molar-refractivity contribution in [2.45, 2.75) is 353 Å². The number of rotatable bonds is 58. The summed E-state index contributed by atoms with van der Waals surface area (Å²) in [5.41, 5.74) is 0. The molecule has 2 unspecified atom stereocenters. The second-order valence-corrected chi connectivity index (χ2v) is 21.4. The maximum atomic E-state index is 12.5. The number of carbonyl (C=O) groups is 2. The summed E-state index contributed by atoms with van der Waals surface area (Å²) in [4.78, 5) is 24.5. The zero-order valence-electron chi connectivity index (χ0n) is 46.6. The van der Waals surface area contributed by atoms with Crippen LogP contribution in [0.3, 0.4) is 0 Å². The first-order valence-corrected chi connectivity index (χ1v) is 31.1. The van der Waals surface area contributed by atoms with Crippen molar-refractivity contribution < 1.29 is 24.5 Å². The molecule has 6 nitrogen and oxygen atoms in total. The third kappa shape index (κ3) is 55.5. The maximum absolute atomic E-state index is 12.5. The minimum absolute atomic E-state index is 0.00209. The number of hydrogen-bond donors (Lipinski definition) is 3. The number of aliphatic hydroxyl groups excluding tert-OH is 2. The van der Waals surface area contributed by atoms with E-state index in [0.717, 1.165) is 51.4 Å². The summed E-state index contributed by atoms with van der Waals surface area (Å²) in [6, 6.07) is -0.538. The molecule has 6 heteroatoms. The van der Waals surface area contributed by atoms with Crippen molar-refractivity contribution >= 4 is 11.9 Å². The average Bonchev–Trinajstić information content (AvgIpc) is 3.35. The van der Waals surface area contributed by atoms with E-state index in [4.69, 9.17) is 4.74 Å². The molecule has 0 saturated carbocycles. The Balaban J connectivity index is 3.34. The van der Waals surface area contributed by atoms with Gasteiger partial charge in [0.15, 0.2) is 0 Å². The van der Waals surface area contributed by atoms with Crippen LogP contribution in [0.4, 0.5) is 0 Å². The second kappa shape index (κ2) is 58.9. The van der Waals surface area contributed by atoms with Crippen LogP contribution < -0.4 is 5.32 Å². The Morgan fingerprint density at radius 3 is 1.16 bits per heavy atom. The van der Waals surface area contributed by atoms with E-state index in [1.807, 2.05) is 0 Å². The van der Waals surface area contributed by atoms with E-state index >= 15 is 0 Å². The normalized spacial score (nSPS) is 12.7. The summed E-state index contributed by atoms with van der Waals surface area (Å²) in [6.45, 7) is 4.90. The first-order valence-electron chi connectivity index (χ1n) is 31.1. The van der Waals surface area contributed by atoms with Crippen LogP contribution in [0.2, 0.25) is 0 Å². The minimum atomic E-state index is -0.661. The van der Waals surface area contributed by atoms with E-state index in [-0.39, 0.29) is 18.5 Å². The van der Waals surface area contributed by atoms with E-state index in [1.54, 1.807) is 0 Å². The Labute approximate surface area is 431 Å². The van der Waals surface area contributed by atoms with Gasteiger partial charge in [0.05, 0.1) is 25.4 Å². The Morgan fingerprint density at radius 1 is 0.406 bits per heavy atom. The highest BCUT2D eigenvalue weighted by atomic mass is 16.5. The van der Waals surface area contributed by atoms with Gasteiger partial charge in [-0.05, 0) is 51.4 Å². The average molecular weight is 973 g/mol. The molecular weight excluding hydrogens is 851 g/mol. The lowest BCUT2D eigenvalue weighted by molar-refractivity contribution is -0.143. The molecule has 0 aromatic rings. The molecule has 0 saturated heterocycles. The molecule has 0 bridgehead atoms. The molecule has 408 valence electrons. The van der Waals surface area contributed by atoms with Gasteiger partial charge in [0.1, 0.15) is 0 Å². The summed E-state index contributed by atoms with van der Waals surface area (Å²) in [6.07, 6.45) is 72.0. The summed E-state index contributed by atoms with van der Waals surface area (Å²) < 4.78 is 5.47. The highest BCUT2D eigenvalue weighted by molar-refractivity contribution is 5.76. The number of ether oxygens (including phenoxy) is 1. The highest BCUT2D eigenvalue weighted by Gasteiger charge is 2.20. The number of hydrogen-bond acceptors (Lipinski definition) is 5. The van der Waals surface area contributed by atoms with E-state index in [2.05, 4.69) is 43.5 Å². The van der Waals surface area contributed by atoms with Crippen LogP contribution >= 0.6 is 0 Å². The first kappa shape index (κ1) is 67.3. The van der Waals surface area contributed by atoms with Crippen LogP contribution in [0.15, 0.2) is 24.3 Å². The Hall–Kier alpha value is -1.66. The van der Waals surface area contributed by atoms with Crippen LogP contribution in [0.5, 0.6) is 0 Å². The summed E-state index contributed by atoms with van der Waals surface area (Å²) >= 11 is 0. The third-order valence-corrected chi connectivity index (χ3v) is 14.5.